The molecule has 0 saturated heterocycles. The lowest BCUT2D eigenvalue weighted by atomic mass is 10.1. The van der Waals surface area contributed by atoms with E-state index in [0.717, 1.165) is 38.1 Å². The molecular formula is C21H16BrN3O. The van der Waals surface area contributed by atoms with E-state index < -0.39 is 0 Å². The lowest BCUT2D eigenvalue weighted by molar-refractivity contribution is 0.474. The molecule has 0 unspecified atom stereocenters. The number of aliphatic imine (C=N–C) groups is 1. The van der Waals surface area contributed by atoms with E-state index in [4.69, 9.17) is 0 Å². The number of nitrogens with zero attached hydrogens (tertiary/aromatic N) is 2. The summed E-state index contributed by atoms with van der Waals surface area (Å²) >= 11 is 3.41. The Morgan fingerprint density at radius 3 is 2.77 bits per heavy atom. The number of hydrogen-bond acceptors (Lipinski definition) is 3. The monoisotopic (exact) mass is 405 g/mol. The summed E-state index contributed by atoms with van der Waals surface area (Å²) in [5.41, 5.74) is 5.46. The summed E-state index contributed by atoms with van der Waals surface area (Å²) in [7, 11) is 0. The second-order valence-electron chi connectivity index (χ2n) is 6.07. The number of aromatic nitrogens is 2. The fourth-order valence-corrected chi connectivity index (χ4v) is 3.13. The first kappa shape index (κ1) is 16.5. The van der Waals surface area contributed by atoms with E-state index >= 15 is 0 Å². The number of aryl methyl sites for hydroxylation is 1. The normalized spacial score (nSPS) is 11.5. The molecule has 0 saturated carbocycles. The molecule has 128 valence electrons. The van der Waals surface area contributed by atoms with E-state index in [0.29, 0.717) is 5.56 Å². The van der Waals surface area contributed by atoms with E-state index in [1.807, 2.05) is 55.5 Å². The summed E-state index contributed by atoms with van der Waals surface area (Å²) in [4.78, 5) is 12.6. The Kier molecular flexibility index (Phi) is 4.31. The molecule has 0 aliphatic rings. The number of nitrogens with one attached hydrogen (secondary N) is 1. The van der Waals surface area contributed by atoms with Crippen LogP contribution in [-0.2, 0) is 0 Å². The molecule has 1 heterocycles. The van der Waals surface area contributed by atoms with Gasteiger partial charge < -0.3 is 10.1 Å². The van der Waals surface area contributed by atoms with Crippen molar-refractivity contribution in [2.24, 2.45) is 4.99 Å². The molecule has 1 aromatic heterocycles. The summed E-state index contributed by atoms with van der Waals surface area (Å²) in [6.07, 6.45) is 1.67. The number of H-pyrrole nitrogens is 1. The maximum atomic E-state index is 9.97. The molecule has 0 atom stereocenters. The summed E-state index contributed by atoms with van der Waals surface area (Å²) in [5, 5.41) is 9.97. The zero-order valence-electron chi connectivity index (χ0n) is 14.1. The number of phenolic OH excluding ortho intramolecular Hbond substituents is 1. The van der Waals surface area contributed by atoms with Crippen LogP contribution in [0.25, 0.3) is 22.4 Å². The van der Waals surface area contributed by atoms with Crippen LogP contribution in [0.15, 0.2) is 70.1 Å². The van der Waals surface area contributed by atoms with E-state index in [-0.39, 0.29) is 5.75 Å². The number of hydrogen-bond donors (Lipinski definition) is 2. The van der Waals surface area contributed by atoms with Gasteiger partial charge in [-0.2, -0.15) is 0 Å². The molecule has 0 spiro atoms. The quantitative estimate of drug-likeness (QED) is 0.425. The second kappa shape index (κ2) is 6.77. The number of aromatic hydroxyl groups is 1. The van der Waals surface area contributed by atoms with Gasteiger partial charge in [-0.3, -0.25) is 4.99 Å². The average molecular weight is 406 g/mol. The van der Waals surface area contributed by atoms with Gasteiger partial charge in [-0.15, -0.1) is 0 Å². The average Bonchev–Trinajstić information content (AvgIpc) is 3.08. The SMILES string of the molecule is Cc1ccc(-c2nc3ccccc3[nH]2)cc1N=Cc1cc(Br)ccc1O. The molecule has 4 aromatic rings. The Hall–Kier alpha value is -2.92. The molecule has 0 radical (unpaired) electrons. The Labute approximate surface area is 159 Å². The van der Waals surface area contributed by atoms with Gasteiger partial charge >= 0.3 is 0 Å². The smallest absolute Gasteiger partial charge is 0.138 e. The van der Waals surface area contributed by atoms with Crippen molar-refractivity contribution in [1.29, 1.82) is 0 Å². The molecule has 4 rings (SSSR count). The number of imidazole rings is 1. The summed E-state index contributed by atoms with van der Waals surface area (Å²) in [5.74, 6) is 1.01. The topological polar surface area (TPSA) is 61.3 Å². The van der Waals surface area contributed by atoms with E-state index in [1.54, 1.807) is 18.3 Å². The molecule has 0 aliphatic carbocycles. The minimum atomic E-state index is 0.197. The van der Waals surface area contributed by atoms with E-state index in [9.17, 15) is 5.11 Å². The maximum absolute atomic E-state index is 9.97. The summed E-state index contributed by atoms with van der Waals surface area (Å²) in [6, 6.07) is 19.3. The van der Waals surface area contributed by atoms with Gasteiger partial charge in [0.2, 0.25) is 0 Å². The molecule has 0 amide bonds. The van der Waals surface area contributed by atoms with Crippen molar-refractivity contribution in [2.45, 2.75) is 6.92 Å². The molecule has 0 aliphatic heterocycles. The molecule has 26 heavy (non-hydrogen) atoms. The number of halogens is 1. The van der Waals surface area contributed by atoms with Gasteiger partial charge in [0.05, 0.1) is 16.7 Å². The van der Waals surface area contributed by atoms with Crippen molar-refractivity contribution >= 4 is 38.9 Å². The predicted octanol–water partition coefficient (Wildman–Crippen LogP) is 5.76. The highest BCUT2D eigenvalue weighted by Crippen LogP contribution is 2.28. The Balaban J connectivity index is 1.72. The predicted molar refractivity (Wildman–Crippen MR) is 109 cm³/mol. The molecule has 4 nitrogen and oxygen atoms in total. The van der Waals surface area contributed by atoms with Crippen LogP contribution < -0.4 is 0 Å². The first-order chi connectivity index (χ1) is 12.6. The number of fused-ring (bicyclic) bond motifs is 1. The molecular weight excluding hydrogens is 390 g/mol. The van der Waals surface area contributed by atoms with Crippen LogP contribution in [0.4, 0.5) is 5.69 Å². The first-order valence-corrected chi connectivity index (χ1v) is 8.98. The standard InChI is InChI=1S/C21H16BrN3O/c1-13-6-7-14(21-24-17-4-2-3-5-18(17)25-21)11-19(13)23-12-15-10-16(22)8-9-20(15)26/h2-12,26H,1H3,(H,24,25). The molecule has 0 fully saturated rings. The lowest BCUT2D eigenvalue weighted by Gasteiger charge is -2.04. The van der Waals surface area contributed by atoms with Crippen LogP contribution >= 0.6 is 15.9 Å². The van der Waals surface area contributed by atoms with Gasteiger partial charge in [0, 0.05) is 21.8 Å². The van der Waals surface area contributed by atoms with Crippen molar-refractivity contribution in [2.75, 3.05) is 0 Å². The number of benzene rings is 3. The molecule has 0 bridgehead atoms. The van der Waals surface area contributed by atoms with Gasteiger partial charge in [0.25, 0.3) is 0 Å². The number of phenols is 1. The highest BCUT2D eigenvalue weighted by molar-refractivity contribution is 9.10. The van der Waals surface area contributed by atoms with Crippen molar-refractivity contribution in [1.82, 2.24) is 9.97 Å². The van der Waals surface area contributed by atoms with Gasteiger partial charge in [-0.25, -0.2) is 4.98 Å². The van der Waals surface area contributed by atoms with Crippen LogP contribution in [0.2, 0.25) is 0 Å². The number of para-hydroxylation sites is 2. The zero-order chi connectivity index (χ0) is 18.1. The largest absolute Gasteiger partial charge is 0.507 e. The first-order valence-electron chi connectivity index (χ1n) is 8.18. The van der Waals surface area contributed by atoms with Gasteiger partial charge in [0.1, 0.15) is 11.6 Å². The highest BCUT2D eigenvalue weighted by Gasteiger charge is 2.07. The van der Waals surface area contributed by atoms with E-state index in [2.05, 4.69) is 30.9 Å². The minimum Gasteiger partial charge on any atom is -0.507 e. The van der Waals surface area contributed by atoms with Crippen LogP contribution in [0, 0.1) is 6.92 Å². The van der Waals surface area contributed by atoms with Crippen molar-refractivity contribution in [3.8, 4) is 17.1 Å². The van der Waals surface area contributed by atoms with Crippen molar-refractivity contribution in [3.63, 3.8) is 0 Å². The highest BCUT2D eigenvalue weighted by atomic mass is 79.9. The van der Waals surface area contributed by atoms with Crippen LogP contribution in [-0.4, -0.2) is 21.3 Å². The molecule has 2 N–H and O–H groups in total. The molecule has 5 heteroatoms. The third kappa shape index (κ3) is 3.26. The van der Waals surface area contributed by atoms with Crippen LogP contribution in [0.1, 0.15) is 11.1 Å². The van der Waals surface area contributed by atoms with Crippen LogP contribution in [0.5, 0.6) is 5.75 Å². The lowest BCUT2D eigenvalue weighted by Crippen LogP contribution is -1.85. The van der Waals surface area contributed by atoms with Crippen molar-refractivity contribution in [3.05, 3.63) is 76.3 Å². The molecule has 3 aromatic carbocycles. The summed E-state index contributed by atoms with van der Waals surface area (Å²) in [6.45, 7) is 2.01. The van der Waals surface area contributed by atoms with Crippen LogP contribution in [0.3, 0.4) is 0 Å². The zero-order valence-corrected chi connectivity index (χ0v) is 15.7. The fraction of sp³-hybridized carbons (Fsp3) is 0.0476. The summed E-state index contributed by atoms with van der Waals surface area (Å²) < 4.78 is 0.893. The Morgan fingerprint density at radius 2 is 1.92 bits per heavy atom. The third-order valence-electron chi connectivity index (χ3n) is 4.20. The van der Waals surface area contributed by atoms with Gasteiger partial charge in [-0.05, 0) is 48.9 Å². The number of aromatic amines is 1. The fourth-order valence-electron chi connectivity index (χ4n) is 2.75. The van der Waals surface area contributed by atoms with Gasteiger partial charge in [0.15, 0.2) is 0 Å². The Morgan fingerprint density at radius 1 is 1.08 bits per heavy atom. The Bertz CT molecular complexity index is 1100. The second-order valence-corrected chi connectivity index (χ2v) is 6.98. The van der Waals surface area contributed by atoms with Crippen molar-refractivity contribution < 1.29 is 5.11 Å². The number of rotatable bonds is 3. The minimum absolute atomic E-state index is 0.197. The van der Waals surface area contributed by atoms with E-state index in [1.165, 1.54) is 0 Å². The maximum Gasteiger partial charge on any atom is 0.138 e. The van der Waals surface area contributed by atoms with Gasteiger partial charge in [-0.1, -0.05) is 40.2 Å². The third-order valence-corrected chi connectivity index (χ3v) is 4.70.